The monoisotopic (exact) mass is 452 g/mol. The maximum atomic E-state index is 12.5. The Bertz CT molecular complexity index is 1160. The van der Waals surface area contributed by atoms with E-state index in [4.69, 9.17) is 4.74 Å². The van der Waals surface area contributed by atoms with Crippen LogP contribution >= 0.6 is 0 Å². The lowest BCUT2D eigenvalue weighted by Crippen LogP contribution is -2.52. The summed E-state index contributed by atoms with van der Waals surface area (Å²) in [6, 6.07) is 7.64. The van der Waals surface area contributed by atoms with Crippen LogP contribution in [0.4, 0.5) is 4.79 Å². The van der Waals surface area contributed by atoms with Crippen molar-refractivity contribution in [2.45, 2.75) is 32.1 Å². The first kappa shape index (κ1) is 21.8. The van der Waals surface area contributed by atoms with Crippen LogP contribution in [0.3, 0.4) is 0 Å². The molecule has 9 heteroatoms. The standard InChI is InChI=1S/C24H32N6O3/c31-23-27-20-21(18-8-3-4-9-19(18)26-22(20)28-23)33-15-5-10-25-24(32)30-13-11-29(12-14-30)16-17-6-1-2-7-17/h3-4,8-9,17H,1-2,5-7,10-16H2,(H,25,32)(H2,26,27,28,31). The largest absolute Gasteiger partial charge is 0.490 e. The molecule has 3 N–H and O–H groups in total. The summed E-state index contributed by atoms with van der Waals surface area (Å²) in [6.07, 6.45) is 6.15. The van der Waals surface area contributed by atoms with E-state index >= 15 is 0 Å². The highest BCUT2D eigenvalue weighted by atomic mass is 16.5. The maximum absolute atomic E-state index is 12.5. The third-order valence-electron chi connectivity index (χ3n) is 6.81. The molecule has 33 heavy (non-hydrogen) atoms. The molecule has 176 valence electrons. The molecule has 2 fully saturated rings. The van der Waals surface area contributed by atoms with E-state index in [1.807, 2.05) is 29.2 Å². The first-order chi connectivity index (χ1) is 16.2. The van der Waals surface area contributed by atoms with Gasteiger partial charge in [0.25, 0.3) is 0 Å². The van der Waals surface area contributed by atoms with Gasteiger partial charge in [-0.1, -0.05) is 25.0 Å². The number of imidazole rings is 1. The molecule has 1 aliphatic carbocycles. The highest BCUT2D eigenvalue weighted by Crippen LogP contribution is 2.30. The Hall–Kier alpha value is -3.07. The Morgan fingerprint density at radius 1 is 1.12 bits per heavy atom. The molecule has 2 aromatic heterocycles. The second-order valence-corrected chi connectivity index (χ2v) is 9.13. The third-order valence-corrected chi connectivity index (χ3v) is 6.81. The second-order valence-electron chi connectivity index (χ2n) is 9.13. The van der Waals surface area contributed by atoms with Gasteiger partial charge in [-0.25, -0.2) is 14.6 Å². The summed E-state index contributed by atoms with van der Waals surface area (Å²) >= 11 is 0. The molecule has 1 aliphatic heterocycles. The number of carbonyl (C=O) groups excluding carboxylic acids is 1. The van der Waals surface area contributed by atoms with Crippen LogP contribution in [0.15, 0.2) is 29.1 Å². The predicted molar refractivity (Wildman–Crippen MR) is 128 cm³/mol. The summed E-state index contributed by atoms with van der Waals surface area (Å²) < 4.78 is 6.05. The number of rotatable bonds is 7. The van der Waals surface area contributed by atoms with Crippen LogP contribution < -0.4 is 15.7 Å². The number of hydrogen-bond acceptors (Lipinski definition) is 5. The number of piperazine rings is 1. The first-order valence-electron chi connectivity index (χ1n) is 12.1. The molecule has 2 amide bonds. The van der Waals surface area contributed by atoms with Crippen molar-refractivity contribution in [1.29, 1.82) is 0 Å². The number of urea groups is 1. The Morgan fingerprint density at radius 2 is 1.91 bits per heavy atom. The lowest BCUT2D eigenvalue weighted by Gasteiger charge is -2.35. The zero-order valence-electron chi connectivity index (χ0n) is 18.9. The van der Waals surface area contributed by atoms with E-state index in [-0.39, 0.29) is 11.7 Å². The fraction of sp³-hybridized carbons (Fsp3) is 0.542. The third kappa shape index (κ3) is 4.98. The Kier molecular flexibility index (Phi) is 6.48. The van der Waals surface area contributed by atoms with Gasteiger partial charge in [0.05, 0.1) is 12.1 Å². The zero-order valence-corrected chi connectivity index (χ0v) is 18.9. The summed E-state index contributed by atoms with van der Waals surface area (Å²) in [5.74, 6) is 1.46. The van der Waals surface area contributed by atoms with Gasteiger partial charge in [-0.2, -0.15) is 0 Å². The average Bonchev–Trinajstić information content (AvgIpc) is 3.47. The van der Waals surface area contributed by atoms with Gasteiger partial charge in [-0.05, 0) is 37.3 Å². The van der Waals surface area contributed by atoms with Crippen LogP contribution in [-0.2, 0) is 0 Å². The van der Waals surface area contributed by atoms with E-state index in [0.29, 0.717) is 36.5 Å². The number of fused-ring (bicyclic) bond motifs is 2. The SMILES string of the molecule is O=C(NCCCOc1c2ccccc2nc2[nH]c(=O)[nH]c12)N1CCN(CC2CCCC2)CC1. The number of benzene rings is 1. The van der Waals surface area contributed by atoms with Crippen molar-refractivity contribution in [3.63, 3.8) is 0 Å². The van der Waals surface area contributed by atoms with Gasteiger partial charge in [-0.3, -0.25) is 9.88 Å². The number of aromatic amines is 2. The predicted octanol–water partition coefficient (Wildman–Crippen LogP) is 2.69. The first-order valence-corrected chi connectivity index (χ1v) is 12.1. The van der Waals surface area contributed by atoms with Gasteiger partial charge in [-0.15, -0.1) is 0 Å². The topological polar surface area (TPSA) is 106 Å². The van der Waals surface area contributed by atoms with Gasteiger partial charge in [0.2, 0.25) is 0 Å². The number of para-hydroxylation sites is 1. The fourth-order valence-electron chi connectivity index (χ4n) is 5.04. The Balaban J connectivity index is 1.08. The van der Waals surface area contributed by atoms with Crippen molar-refractivity contribution in [1.82, 2.24) is 30.1 Å². The molecule has 0 atom stereocenters. The lowest BCUT2D eigenvalue weighted by molar-refractivity contribution is 0.127. The lowest BCUT2D eigenvalue weighted by atomic mass is 10.1. The number of nitrogens with zero attached hydrogens (tertiary/aromatic N) is 3. The van der Waals surface area contributed by atoms with Gasteiger partial charge in [0.1, 0.15) is 5.52 Å². The van der Waals surface area contributed by atoms with E-state index in [0.717, 1.165) is 43.0 Å². The summed E-state index contributed by atoms with van der Waals surface area (Å²) in [5.41, 5.74) is 1.50. The van der Waals surface area contributed by atoms with Crippen LogP contribution in [0, 0.1) is 5.92 Å². The van der Waals surface area contributed by atoms with Crippen molar-refractivity contribution in [3.05, 3.63) is 34.7 Å². The average molecular weight is 453 g/mol. The van der Waals surface area contributed by atoms with Crippen molar-refractivity contribution in [2.75, 3.05) is 45.9 Å². The number of hydrogen-bond donors (Lipinski definition) is 3. The molecule has 3 aromatic rings. The molecule has 0 spiro atoms. The number of carbonyl (C=O) groups is 1. The number of amides is 2. The fourth-order valence-corrected chi connectivity index (χ4v) is 5.04. The van der Waals surface area contributed by atoms with E-state index in [2.05, 4.69) is 25.2 Å². The smallest absolute Gasteiger partial charge is 0.325 e. The van der Waals surface area contributed by atoms with Crippen LogP contribution in [-0.4, -0.2) is 76.7 Å². The van der Waals surface area contributed by atoms with E-state index in [1.165, 1.54) is 32.2 Å². The number of pyridine rings is 1. The highest BCUT2D eigenvalue weighted by molar-refractivity contribution is 5.97. The summed E-state index contributed by atoms with van der Waals surface area (Å²) in [5, 5.41) is 3.86. The molecule has 0 bridgehead atoms. The molecule has 2 aliphatic rings. The van der Waals surface area contributed by atoms with Crippen molar-refractivity contribution >= 4 is 28.1 Å². The zero-order chi connectivity index (χ0) is 22.6. The molecule has 5 rings (SSSR count). The minimum Gasteiger partial charge on any atom is -0.490 e. The van der Waals surface area contributed by atoms with Crippen LogP contribution in [0.5, 0.6) is 5.75 Å². The molecule has 9 nitrogen and oxygen atoms in total. The summed E-state index contributed by atoms with van der Waals surface area (Å²) in [4.78, 5) is 38.7. The number of aromatic nitrogens is 3. The molecule has 3 heterocycles. The molecule has 1 saturated carbocycles. The Labute approximate surface area is 192 Å². The van der Waals surface area contributed by atoms with Gasteiger partial charge < -0.3 is 19.9 Å². The van der Waals surface area contributed by atoms with Crippen LogP contribution in [0.2, 0.25) is 0 Å². The second kappa shape index (κ2) is 9.82. The normalized spacial score (nSPS) is 17.8. The molecular weight excluding hydrogens is 420 g/mol. The van der Waals surface area contributed by atoms with Crippen molar-refractivity contribution in [3.8, 4) is 5.75 Å². The quantitative estimate of drug-likeness (QED) is 0.478. The van der Waals surface area contributed by atoms with Crippen LogP contribution in [0.25, 0.3) is 22.1 Å². The minimum absolute atomic E-state index is 0.00207. The molecule has 0 radical (unpaired) electrons. The molecule has 0 unspecified atom stereocenters. The number of ether oxygens (including phenoxy) is 1. The highest BCUT2D eigenvalue weighted by Gasteiger charge is 2.24. The summed E-state index contributed by atoms with van der Waals surface area (Å²) in [6.45, 7) is 5.66. The van der Waals surface area contributed by atoms with Crippen molar-refractivity contribution < 1.29 is 9.53 Å². The van der Waals surface area contributed by atoms with E-state index < -0.39 is 0 Å². The Morgan fingerprint density at radius 3 is 2.73 bits per heavy atom. The number of nitrogens with one attached hydrogen (secondary N) is 3. The minimum atomic E-state index is -0.312. The molecular formula is C24H32N6O3. The molecule has 1 saturated heterocycles. The van der Waals surface area contributed by atoms with Gasteiger partial charge >= 0.3 is 11.7 Å². The van der Waals surface area contributed by atoms with E-state index in [1.54, 1.807) is 0 Å². The van der Waals surface area contributed by atoms with E-state index in [9.17, 15) is 9.59 Å². The van der Waals surface area contributed by atoms with Gasteiger partial charge in [0, 0.05) is 44.7 Å². The molecule has 1 aromatic carbocycles. The van der Waals surface area contributed by atoms with Gasteiger partial charge in [0.15, 0.2) is 11.4 Å². The summed E-state index contributed by atoms with van der Waals surface area (Å²) in [7, 11) is 0. The number of H-pyrrole nitrogens is 2. The van der Waals surface area contributed by atoms with Crippen molar-refractivity contribution in [2.24, 2.45) is 5.92 Å². The maximum Gasteiger partial charge on any atom is 0.325 e. The van der Waals surface area contributed by atoms with Crippen LogP contribution in [0.1, 0.15) is 32.1 Å².